The Kier molecular flexibility index (Phi) is 5.33. The highest BCUT2D eigenvalue weighted by molar-refractivity contribution is 7.99. The minimum Gasteiger partial charge on any atom is -0.265 e. The molecule has 0 aliphatic rings. The van der Waals surface area contributed by atoms with Crippen LogP contribution in [0.15, 0.2) is 29.4 Å². The van der Waals surface area contributed by atoms with Gasteiger partial charge in [-0.3, -0.25) is 9.17 Å². The number of pyridine rings is 1. The van der Waals surface area contributed by atoms with Gasteiger partial charge in [0, 0.05) is 23.0 Å². The highest BCUT2D eigenvalue weighted by Crippen LogP contribution is 2.18. The number of aromatic nitrogens is 1. The Labute approximate surface area is 105 Å². The van der Waals surface area contributed by atoms with Gasteiger partial charge in [-0.1, -0.05) is 12.2 Å². The lowest BCUT2D eigenvalue weighted by Crippen LogP contribution is -2.20. The molecule has 1 atom stereocenters. The molecule has 1 unspecified atom stereocenters. The number of hydrogen-bond acceptors (Lipinski definition) is 6. The van der Waals surface area contributed by atoms with E-state index in [1.165, 1.54) is 11.8 Å². The Hall–Kier alpha value is -0.500. The second-order valence-electron chi connectivity index (χ2n) is 2.90. The fourth-order valence-electron chi connectivity index (χ4n) is 0.899. The van der Waals surface area contributed by atoms with Gasteiger partial charge in [0.05, 0.1) is 11.6 Å². The molecule has 1 radical (unpaired) electrons. The van der Waals surface area contributed by atoms with Crippen LogP contribution in [0.2, 0.25) is 0 Å². The lowest BCUT2D eigenvalue weighted by atomic mass is 10.5. The smallest absolute Gasteiger partial charge is 0.265 e. The molecule has 87 valence electrons. The van der Waals surface area contributed by atoms with E-state index < -0.39 is 16.2 Å². The Morgan fingerprint density at radius 2 is 2.19 bits per heavy atom. The van der Waals surface area contributed by atoms with Crippen molar-refractivity contribution in [2.45, 2.75) is 11.0 Å². The van der Waals surface area contributed by atoms with Crippen molar-refractivity contribution in [3.63, 3.8) is 0 Å². The molecule has 0 aliphatic heterocycles. The van der Waals surface area contributed by atoms with E-state index in [1.54, 1.807) is 12.4 Å². The lowest BCUT2D eigenvalue weighted by molar-refractivity contribution is 0.304. The van der Waals surface area contributed by atoms with Gasteiger partial charge in [-0.2, -0.15) is 8.42 Å². The Bertz CT molecular complexity index is 433. The molecule has 0 amide bonds. The van der Waals surface area contributed by atoms with Crippen molar-refractivity contribution in [2.24, 2.45) is 0 Å². The minimum absolute atomic E-state index is 0.403. The molecule has 1 aromatic rings. The maximum Gasteiger partial charge on any atom is 0.265 e. The first-order chi connectivity index (χ1) is 7.51. The first kappa shape index (κ1) is 13.6. The quantitative estimate of drug-likeness (QED) is 0.445. The number of hydrogen-bond donors (Lipinski definition) is 0. The van der Waals surface area contributed by atoms with Gasteiger partial charge in [-0.05, 0) is 12.1 Å². The van der Waals surface area contributed by atoms with Gasteiger partial charge in [-0.15, -0.1) is 11.8 Å². The molecule has 0 N–H and O–H groups in total. The van der Waals surface area contributed by atoms with Crippen molar-refractivity contribution in [3.05, 3.63) is 24.5 Å². The molecular weight excluding hydrogens is 266 g/mol. The molecule has 1 aromatic heterocycles. The fourth-order valence-corrected chi connectivity index (χ4v) is 2.63. The van der Waals surface area contributed by atoms with Crippen molar-refractivity contribution < 1.29 is 12.6 Å². The van der Waals surface area contributed by atoms with E-state index in [4.69, 9.17) is 4.18 Å². The molecule has 0 saturated carbocycles. The van der Waals surface area contributed by atoms with Gasteiger partial charge in [0.25, 0.3) is 10.1 Å². The summed E-state index contributed by atoms with van der Waals surface area (Å²) in [6.07, 6.45) is 3.61. The predicted octanol–water partition coefficient (Wildman–Crippen LogP) is 1.40. The van der Waals surface area contributed by atoms with Crippen LogP contribution in [-0.2, 0) is 14.3 Å². The van der Waals surface area contributed by atoms with E-state index in [0.29, 0.717) is 5.75 Å². The van der Waals surface area contributed by atoms with Crippen LogP contribution in [-0.4, -0.2) is 36.9 Å². The SMILES string of the molecule is CS(=O)(=O)OC([C]=S)CSc1ccncc1. The van der Waals surface area contributed by atoms with Gasteiger partial charge in [0.2, 0.25) is 0 Å². The maximum absolute atomic E-state index is 10.9. The molecule has 0 saturated heterocycles. The summed E-state index contributed by atoms with van der Waals surface area (Å²) in [4.78, 5) is 4.85. The summed E-state index contributed by atoms with van der Waals surface area (Å²) in [5, 5.41) is 2.37. The summed E-state index contributed by atoms with van der Waals surface area (Å²) in [6, 6.07) is 3.65. The summed E-state index contributed by atoms with van der Waals surface area (Å²) in [7, 11) is -3.49. The number of rotatable bonds is 6. The third kappa shape index (κ3) is 5.55. The average molecular weight is 276 g/mol. The van der Waals surface area contributed by atoms with Crippen LogP contribution >= 0.6 is 24.0 Å². The van der Waals surface area contributed by atoms with Crippen molar-refractivity contribution in [3.8, 4) is 0 Å². The highest BCUT2D eigenvalue weighted by atomic mass is 32.2. The normalized spacial score (nSPS) is 13.3. The van der Waals surface area contributed by atoms with Gasteiger partial charge in [-0.25, -0.2) is 0 Å². The maximum atomic E-state index is 10.9. The molecule has 1 rings (SSSR count). The number of nitrogens with zero attached hydrogens (tertiary/aromatic N) is 1. The van der Waals surface area contributed by atoms with E-state index in [9.17, 15) is 8.42 Å². The van der Waals surface area contributed by atoms with Crippen LogP contribution in [0.3, 0.4) is 0 Å². The summed E-state index contributed by atoms with van der Waals surface area (Å²) < 4.78 is 26.5. The molecular formula is C9H10NO3S3. The van der Waals surface area contributed by atoms with E-state index in [1.807, 2.05) is 12.1 Å². The zero-order valence-corrected chi connectivity index (χ0v) is 10.9. The van der Waals surface area contributed by atoms with E-state index >= 15 is 0 Å². The number of thioether (sulfide) groups is 1. The van der Waals surface area contributed by atoms with E-state index in [2.05, 4.69) is 22.6 Å². The molecule has 0 aliphatic carbocycles. The van der Waals surface area contributed by atoms with E-state index in [-0.39, 0.29) is 0 Å². The number of thiocarbonyl (C=S) groups is 1. The van der Waals surface area contributed by atoms with Crippen molar-refractivity contribution in [1.29, 1.82) is 0 Å². The monoisotopic (exact) mass is 276 g/mol. The second kappa shape index (κ2) is 6.29. The third-order valence-corrected chi connectivity index (χ3v) is 3.39. The standard InChI is InChI=1S/C9H10NO3S3/c1-16(11,12)13-8(6-14)7-15-9-2-4-10-5-3-9/h2-5,8H,7H2,1H3. The van der Waals surface area contributed by atoms with Crippen LogP contribution in [0.4, 0.5) is 0 Å². The van der Waals surface area contributed by atoms with Crippen molar-refractivity contribution >= 4 is 39.5 Å². The summed E-state index contributed by atoms with van der Waals surface area (Å²) in [5.41, 5.74) is 0. The first-order valence-corrected chi connectivity index (χ1v) is 7.51. The first-order valence-electron chi connectivity index (χ1n) is 4.30. The Morgan fingerprint density at radius 3 is 2.69 bits per heavy atom. The van der Waals surface area contributed by atoms with Crippen LogP contribution in [0, 0.1) is 0 Å². The minimum atomic E-state index is -3.49. The molecule has 4 nitrogen and oxygen atoms in total. The Balaban J connectivity index is 2.50. The van der Waals surface area contributed by atoms with Gasteiger partial charge in [0.1, 0.15) is 6.10 Å². The largest absolute Gasteiger partial charge is 0.265 e. The molecule has 0 aromatic carbocycles. The lowest BCUT2D eigenvalue weighted by Gasteiger charge is -2.09. The van der Waals surface area contributed by atoms with Crippen LogP contribution in [0.5, 0.6) is 0 Å². The van der Waals surface area contributed by atoms with Gasteiger partial charge >= 0.3 is 0 Å². The molecule has 0 bridgehead atoms. The topological polar surface area (TPSA) is 56.3 Å². The molecule has 0 fully saturated rings. The van der Waals surface area contributed by atoms with Crippen LogP contribution < -0.4 is 0 Å². The average Bonchev–Trinajstić information content (AvgIpc) is 2.24. The summed E-state index contributed by atoms with van der Waals surface area (Å²) in [6.45, 7) is 0. The van der Waals surface area contributed by atoms with Crippen LogP contribution in [0.25, 0.3) is 0 Å². The second-order valence-corrected chi connectivity index (χ2v) is 5.83. The molecule has 7 heteroatoms. The zero-order chi connectivity index (χ0) is 12.0. The van der Waals surface area contributed by atoms with Gasteiger partial charge < -0.3 is 0 Å². The van der Waals surface area contributed by atoms with Gasteiger partial charge in [0.15, 0.2) is 0 Å². The van der Waals surface area contributed by atoms with Crippen LogP contribution in [0.1, 0.15) is 0 Å². The van der Waals surface area contributed by atoms with Crippen molar-refractivity contribution in [2.75, 3.05) is 12.0 Å². The molecule has 0 spiro atoms. The molecule has 16 heavy (non-hydrogen) atoms. The summed E-state index contributed by atoms with van der Waals surface area (Å²) in [5.74, 6) is 0.403. The van der Waals surface area contributed by atoms with E-state index in [0.717, 1.165) is 11.2 Å². The highest BCUT2D eigenvalue weighted by Gasteiger charge is 2.13. The molecule has 1 heterocycles. The van der Waals surface area contributed by atoms with Crippen molar-refractivity contribution in [1.82, 2.24) is 4.98 Å². The fraction of sp³-hybridized carbons (Fsp3) is 0.333. The predicted molar refractivity (Wildman–Crippen MR) is 67.3 cm³/mol. The third-order valence-electron chi connectivity index (χ3n) is 1.47. The zero-order valence-electron chi connectivity index (χ0n) is 8.49. The Morgan fingerprint density at radius 1 is 1.56 bits per heavy atom. The summed E-state index contributed by atoms with van der Waals surface area (Å²) >= 11 is 6.03.